The molecule has 258 valence electrons. The SMILES string of the molecule is C/N=C/C(=C\NCCCN)C1C=CC(N(C)CC(O/N=C(\C(=O)N[C@@H]2C(=O)N(OS(=O)(=O)O)C2(C)C)c2csc(N)n2)C(=O)O)=CC1. The minimum atomic E-state index is -5.01. The number of β-lactam (4-membered cyclic amide) rings is 1. The Morgan fingerprint density at radius 2 is 2.11 bits per heavy atom. The summed E-state index contributed by atoms with van der Waals surface area (Å²) < 4.78 is 35.5. The Kier molecular flexibility index (Phi) is 12.6. The second kappa shape index (κ2) is 16.0. The van der Waals surface area contributed by atoms with Gasteiger partial charge in [-0.25, -0.2) is 9.78 Å². The molecule has 2 aliphatic rings. The number of carbonyl (C=O) groups excluding carboxylic acids is 2. The number of hydroxylamine groups is 2. The number of carboxylic acids is 1. The van der Waals surface area contributed by atoms with Crippen molar-refractivity contribution >= 4 is 56.6 Å². The van der Waals surface area contributed by atoms with E-state index >= 15 is 0 Å². The Bertz CT molecular complexity index is 1580. The number of aromatic nitrogens is 1. The van der Waals surface area contributed by atoms with Gasteiger partial charge in [-0.3, -0.25) is 19.1 Å². The Morgan fingerprint density at radius 3 is 2.64 bits per heavy atom. The number of nitrogens with two attached hydrogens (primary N) is 2. The van der Waals surface area contributed by atoms with E-state index in [1.54, 1.807) is 25.2 Å². The van der Waals surface area contributed by atoms with Crippen LogP contribution < -0.4 is 22.1 Å². The predicted octanol–water partition coefficient (Wildman–Crippen LogP) is -0.346. The van der Waals surface area contributed by atoms with E-state index in [1.165, 1.54) is 19.2 Å². The summed E-state index contributed by atoms with van der Waals surface area (Å²) in [7, 11) is -1.65. The van der Waals surface area contributed by atoms with Crippen molar-refractivity contribution in [3.05, 3.63) is 46.8 Å². The molecule has 0 bridgehead atoms. The first kappa shape index (κ1) is 37.1. The van der Waals surface area contributed by atoms with E-state index in [4.69, 9.17) is 20.9 Å². The molecule has 2 amide bonds. The molecule has 1 fully saturated rings. The predicted molar refractivity (Wildman–Crippen MR) is 173 cm³/mol. The number of nitrogen functional groups attached to an aromatic ring is 1. The van der Waals surface area contributed by atoms with Gasteiger partial charge in [0.2, 0.25) is 6.10 Å². The average molecular weight is 698 g/mol. The number of oxime groups is 1. The third-order valence-corrected chi connectivity index (χ3v) is 8.12. The maximum atomic E-state index is 13.3. The van der Waals surface area contributed by atoms with Crippen LogP contribution in [0.25, 0.3) is 0 Å². The van der Waals surface area contributed by atoms with Crippen LogP contribution in [0.2, 0.25) is 0 Å². The normalized spacial score (nSPS) is 20.4. The van der Waals surface area contributed by atoms with E-state index in [0.29, 0.717) is 18.0 Å². The minimum absolute atomic E-state index is 0.0446. The molecule has 18 nitrogen and oxygen atoms in total. The third kappa shape index (κ3) is 9.81. The number of rotatable bonds is 17. The fraction of sp³-hybridized carbons (Fsp3) is 0.481. The van der Waals surface area contributed by atoms with Crippen molar-refractivity contribution in [3.63, 3.8) is 0 Å². The summed E-state index contributed by atoms with van der Waals surface area (Å²) in [4.78, 5) is 53.1. The van der Waals surface area contributed by atoms with Crippen molar-refractivity contribution in [1.29, 1.82) is 0 Å². The summed E-state index contributed by atoms with van der Waals surface area (Å²) >= 11 is 0.977. The van der Waals surface area contributed by atoms with E-state index in [9.17, 15) is 27.9 Å². The van der Waals surface area contributed by atoms with Crippen LogP contribution in [-0.4, -0.2) is 114 Å². The number of nitrogens with zero attached hydrogens (tertiary/aromatic N) is 5. The maximum Gasteiger partial charge on any atom is 0.418 e. The monoisotopic (exact) mass is 697 g/mol. The number of hydrogen-bond donors (Lipinski definition) is 6. The van der Waals surface area contributed by atoms with Crippen LogP contribution in [0.5, 0.6) is 0 Å². The molecule has 20 heteroatoms. The molecule has 0 saturated carbocycles. The van der Waals surface area contributed by atoms with Crippen molar-refractivity contribution in [3.8, 4) is 0 Å². The fourth-order valence-corrected chi connectivity index (χ4v) is 5.57. The van der Waals surface area contributed by atoms with Crippen LogP contribution in [0.15, 0.2) is 51.2 Å². The number of amides is 2. The molecule has 8 N–H and O–H groups in total. The van der Waals surface area contributed by atoms with Gasteiger partial charge in [0.1, 0.15) is 11.7 Å². The van der Waals surface area contributed by atoms with Gasteiger partial charge >= 0.3 is 16.4 Å². The van der Waals surface area contributed by atoms with Gasteiger partial charge in [-0.15, -0.1) is 15.6 Å². The number of hydrogen-bond acceptors (Lipinski definition) is 15. The van der Waals surface area contributed by atoms with Crippen LogP contribution in [0, 0.1) is 5.92 Å². The molecular weight excluding hydrogens is 658 g/mol. The smallest absolute Gasteiger partial charge is 0.418 e. The van der Waals surface area contributed by atoms with E-state index in [-0.39, 0.29) is 23.3 Å². The van der Waals surface area contributed by atoms with Crippen LogP contribution in [0.4, 0.5) is 5.13 Å². The van der Waals surface area contributed by atoms with Crippen LogP contribution >= 0.6 is 11.3 Å². The summed E-state index contributed by atoms with van der Waals surface area (Å²) in [6, 6.07) is -1.31. The van der Waals surface area contributed by atoms with Gasteiger partial charge < -0.3 is 36.9 Å². The van der Waals surface area contributed by atoms with Crippen LogP contribution in [0.3, 0.4) is 0 Å². The molecule has 1 aromatic heterocycles. The first-order valence-electron chi connectivity index (χ1n) is 14.2. The lowest BCUT2D eigenvalue weighted by Gasteiger charge is -2.50. The Labute approximate surface area is 275 Å². The van der Waals surface area contributed by atoms with E-state index in [0.717, 1.165) is 35.6 Å². The second-order valence-electron chi connectivity index (χ2n) is 11.0. The van der Waals surface area contributed by atoms with Crippen LogP contribution in [-0.2, 0) is 33.9 Å². The molecule has 1 aromatic rings. The van der Waals surface area contributed by atoms with Crippen molar-refractivity contribution < 1.29 is 41.6 Å². The lowest BCUT2D eigenvalue weighted by atomic mass is 9.84. The highest BCUT2D eigenvalue weighted by Gasteiger charge is 2.58. The molecule has 0 aromatic carbocycles. The average Bonchev–Trinajstić information content (AvgIpc) is 3.44. The lowest BCUT2D eigenvalue weighted by molar-refractivity contribution is -0.218. The Hall–Kier alpha value is -4.37. The minimum Gasteiger partial charge on any atom is -0.478 e. The molecule has 3 rings (SSSR count). The molecule has 0 spiro atoms. The molecular formula is C27H39N9O9S2. The number of allylic oxidation sites excluding steroid dienone is 4. The Balaban J connectivity index is 1.73. The zero-order valence-electron chi connectivity index (χ0n) is 26.2. The van der Waals surface area contributed by atoms with Gasteiger partial charge in [0.25, 0.3) is 11.8 Å². The molecule has 0 radical (unpaired) electrons. The van der Waals surface area contributed by atoms with Gasteiger partial charge in [0.05, 0.1) is 12.1 Å². The number of likely N-dealkylation sites (N-methyl/N-ethyl adjacent to an activating group) is 1. The van der Waals surface area contributed by atoms with Crippen molar-refractivity contribution in [1.82, 2.24) is 25.6 Å². The number of carboxylic acid groups (broad SMARTS) is 1. The topological polar surface area (TPSA) is 264 Å². The fourth-order valence-electron chi connectivity index (χ4n) is 4.57. The molecule has 47 heavy (non-hydrogen) atoms. The lowest BCUT2D eigenvalue weighted by Crippen LogP contribution is -2.76. The quantitative estimate of drug-likeness (QED) is 0.0400. The van der Waals surface area contributed by atoms with Gasteiger partial charge in [-0.1, -0.05) is 17.3 Å². The van der Waals surface area contributed by atoms with E-state index in [2.05, 4.69) is 30.0 Å². The number of carbonyl (C=O) groups is 3. The second-order valence-corrected chi connectivity index (χ2v) is 12.9. The highest BCUT2D eigenvalue weighted by molar-refractivity contribution is 7.80. The molecule has 1 aliphatic heterocycles. The summed E-state index contributed by atoms with van der Waals surface area (Å²) in [5.41, 5.74) is 11.0. The largest absolute Gasteiger partial charge is 0.478 e. The van der Waals surface area contributed by atoms with Crippen LogP contribution in [0.1, 0.15) is 32.4 Å². The standard InChI is InChI=1S/C27H39N9O9S2/c1-27(2)22(24(38)36(27)45-47(41,42)43)33-23(37)21(19-15-46-26(29)32-19)34-44-20(25(39)40)14-35(4)18-8-6-16(7-9-18)17(12-30-3)13-31-11-5-10-28/h6,8-9,12-13,15-16,20,22,31H,5,7,10-11,14,28H2,1-4H3,(H2,29,32)(H,33,37)(H,39,40)(H,41,42,43)/b17-13+,30-12+,34-21-/t16?,20?,22-/m1/s1. The zero-order chi connectivity index (χ0) is 34.9. The van der Waals surface area contributed by atoms with Crippen molar-refractivity contribution in [2.45, 2.75) is 44.4 Å². The first-order valence-corrected chi connectivity index (χ1v) is 16.5. The van der Waals surface area contributed by atoms with Crippen molar-refractivity contribution in [2.24, 2.45) is 21.8 Å². The van der Waals surface area contributed by atoms with Gasteiger partial charge in [-0.05, 0) is 44.9 Å². The summed E-state index contributed by atoms with van der Waals surface area (Å²) in [6.45, 7) is 3.90. The first-order chi connectivity index (χ1) is 22.1. The zero-order valence-corrected chi connectivity index (χ0v) is 27.8. The summed E-state index contributed by atoms with van der Waals surface area (Å²) in [6.07, 6.45) is 9.39. The van der Waals surface area contributed by atoms with Gasteiger partial charge in [0.15, 0.2) is 10.8 Å². The molecule has 2 heterocycles. The molecule has 1 saturated heterocycles. The number of anilines is 1. The molecule has 2 unspecified atom stereocenters. The van der Waals surface area contributed by atoms with Gasteiger partial charge in [0, 0.05) is 50.0 Å². The highest BCUT2D eigenvalue weighted by Crippen LogP contribution is 2.33. The molecule has 3 atom stereocenters. The van der Waals surface area contributed by atoms with E-state index < -0.39 is 51.6 Å². The number of nitrogens with one attached hydrogen (secondary N) is 2. The number of thiazole rings is 1. The maximum absolute atomic E-state index is 13.3. The third-order valence-electron chi connectivity index (χ3n) is 7.11. The summed E-state index contributed by atoms with van der Waals surface area (Å²) in [5, 5.41) is 21.2. The van der Waals surface area contributed by atoms with Gasteiger partial charge in [-0.2, -0.15) is 13.5 Å². The number of aliphatic carboxylic acids is 1. The molecule has 1 aliphatic carbocycles. The highest BCUT2D eigenvalue weighted by atomic mass is 32.3. The van der Waals surface area contributed by atoms with Crippen molar-refractivity contribution in [2.75, 3.05) is 39.5 Å². The Morgan fingerprint density at radius 1 is 1.38 bits per heavy atom. The van der Waals surface area contributed by atoms with E-state index in [1.807, 2.05) is 24.4 Å². The summed E-state index contributed by atoms with van der Waals surface area (Å²) in [5.74, 6) is -3.29. The number of aliphatic imine (C=N–C) groups is 1.